The molecule has 2 heterocycles. The van der Waals surface area contributed by atoms with E-state index in [4.69, 9.17) is 53.8 Å². The zero-order chi connectivity index (χ0) is 21.0. The number of alkyl carbamates (subject to hydrolysis) is 1. The fraction of sp³-hybridized carbons (Fsp3) is 0.611. The van der Waals surface area contributed by atoms with Gasteiger partial charge in [0.15, 0.2) is 6.29 Å². The van der Waals surface area contributed by atoms with Crippen molar-refractivity contribution in [1.82, 2.24) is 5.32 Å². The number of alkyl halides is 3. The Balaban J connectivity index is 1.69. The van der Waals surface area contributed by atoms with Gasteiger partial charge >= 0.3 is 6.09 Å². The topological polar surface area (TPSA) is 86.3 Å². The second-order valence-corrected chi connectivity index (χ2v) is 10.4. The summed E-state index contributed by atoms with van der Waals surface area (Å²) in [6.45, 7) is 1.78. The second-order valence-electron chi connectivity index (χ2n) is 6.53. The molecule has 6 atom stereocenters. The number of halogens is 3. The molecule has 1 aromatic rings. The number of benzene rings is 1. The summed E-state index contributed by atoms with van der Waals surface area (Å²) in [5, 5.41) is 13.6. The van der Waals surface area contributed by atoms with Crippen LogP contribution >= 0.6 is 46.6 Å². The smallest absolute Gasteiger partial charge is 0.407 e. The Morgan fingerprint density at radius 3 is 2.69 bits per heavy atom. The van der Waals surface area contributed by atoms with Crippen molar-refractivity contribution < 1.29 is 28.8 Å². The van der Waals surface area contributed by atoms with Gasteiger partial charge in [-0.3, -0.25) is 0 Å². The minimum Gasteiger partial charge on any atom is -0.445 e. The number of thioether (sulfide) groups is 1. The quantitative estimate of drug-likeness (QED) is 0.617. The first-order valence-corrected chi connectivity index (χ1v) is 11.2. The summed E-state index contributed by atoms with van der Waals surface area (Å²) in [5.74, 6) is 0.713. The number of nitrogens with one attached hydrogen (secondary N) is 1. The van der Waals surface area contributed by atoms with Crippen molar-refractivity contribution in [3.05, 3.63) is 35.9 Å². The van der Waals surface area contributed by atoms with E-state index in [0.717, 1.165) is 5.56 Å². The predicted octanol–water partition coefficient (Wildman–Crippen LogP) is 3.40. The molecule has 2 N–H and O–H groups in total. The Bertz CT molecular complexity index is 679. The Morgan fingerprint density at radius 1 is 1.31 bits per heavy atom. The van der Waals surface area contributed by atoms with Crippen LogP contribution in [0.5, 0.6) is 0 Å². The van der Waals surface area contributed by atoms with E-state index < -0.39 is 52.6 Å². The number of aliphatic hydroxyl groups excluding tert-OH is 1. The number of hydrogen-bond donors (Lipinski definition) is 2. The molecule has 162 valence electrons. The summed E-state index contributed by atoms with van der Waals surface area (Å²) in [6, 6.07) is 8.62. The van der Waals surface area contributed by atoms with Gasteiger partial charge in [0.1, 0.15) is 30.4 Å². The molecular formula is C18H22Cl3NO6S. The van der Waals surface area contributed by atoms with E-state index >= 15 is 0 Å². The van der Waals surface area contributed by atoms with Crippen LogP contribution in [0, 0.1) is 0 Å². The molecule has 0 spiro atoms. The highest BCUT2D eigenvalue weighted by Gasteiger charge is 2.50. The average Bonchev–Trinajstić information content (AvgIpc) is 2.69. The maximum Gasteiger partial charge on any atom is 0.407 e. The Hall–Kier alpha value is -0.450. The molecule has 0 bridgehead atoms. The second kappa shape index (κ2) is 10.2. The first kappa shape index (κ1) is 23.2. The van der Waals surface area contributed by atoms with Gasteiger partial charge in [-0.25, -0.2) is 4.79 Å². The van der Waals surface area contributed by atoms with Crippen LogP contribution in [0.15, 0.2) is 30.3 Å². The zero-order valence-corrected chi connectivity index (χ0v) is 18.6. The van der Waals surface area contributed by atoms with E-state index in [1.807, 2.05) is 37.3 Å². The maximum atomic E-state index is 12.1. The number of amides is 1. The summed E-state index contributed by atoms with van der Waals surface area (Å²) in [5.41, 5.74) is 0.312. The first-order valence-electron chi connectivity index (χ1n) is 9.05. The van der Waals surface area contributed by atoms with Crippen molar-refractivity contribution in [3.8, 4) is 0 Å². The van der Waals surface area contributed by atoms with Crippen molar-refractivity contribution in [2.45, 2.75) is 46.8 Å². The van der Waals surface area contributed by atoms with Crippen molar-refractivity contribution in [1.29, 1.82) is 0 Å². The molecule has 2 aliphatic heterocycles. The van der Waals surface area contributed by atoms with Gasteiger partial charge in [0.2, 0.25) is 3.79 Å². The number of hydrogen-bond acceptors (Lipinski definition) is 7. The maximum absolute atomic E-state index is 12.1. The lowest BCUT2D eigenvalue weighted by atomic mass is 9.97. The zero-order valence-electron chi connectivity index (χ0n) is 15.5. The standard InChI is InChI=1S/C18H22Cl3NO6S/c1-2-29-16-12(22-17(24)26-9-18(19,20)21)13(23)14-11(27-16)8-25-15(28-14)10-6-4-3-5-7-10/h3-7,11-16,23H,2,8-9H2,1H3,(H,22,24)/t11-,12-,13-,14-,15-,16-/m1/s1. The molecule has 3 rings (SSSR count). The molecule has 1 amide bonds. The fourth-order valence-corrected chi connectivity index (χ4v) is 4.31. The number of aliphatic hydroxyl groups is 1. The number of carbonyl (C=O) groups excluding carboxylic acids is 1. The lowest BCUT2D eigenvalue weighted by Crippen LogP contribution is -2.65. The SMILES string of the molecule is CCS[C@H]1O[C@@H]2CO[C@@H](c3ccccc3)O[C@H]2[C@H](O)[C@H]1NC(=O)OCC(Cl)(Cl)Cl. The van der Waals surface area contributed by atoms with Crippen LogP contribution in [0.25, 0.3) is 0 Å². The highest BCUT2D eigenvalue weighted by molar-refractivity contribution is 7.99. The molecule has 0 saturated carbocycles. The van der Waals surface area contributed by atoms with Crippen LogP contribution in [0.4, 0.5) is 4.79 Å². The summed E-state index contributed by atoms with van der Waals surface area (Å²) in [6.07, 6.45) is -3.67. The summed E-state index contributed by atoms with van der Waals surface area (Å²) < 4.78 is 21.0. The third-order valence-corrected chi connectivity index (χ3v) is 5.81. The normalized spacial score (nSPS) is 32.3. The minimum atomic E-state index is -1.73. The van der Waals surface area contributed by atoms with Crippen molar-refractivity contribution in [2.75, 3.05) is 19.0 Å². The molecule has 0 unspecified atom stereocenters. The molecule has 11 heteroatoms. The van der Waals surface area contributed by atoms with Gasteiger partial charge in [0.05, 0.1) is 12.6 Å². The van der Waals surface area contributed by atoms with Crippen LogP contribution in [-0.4, -0.2) is 63.7 Å². The van der Waals surface area contributed by atoms with Crippen LogP contribution in [0.1, 0.15) is 18.8 Å². The van der Waals surface area contributed by atoms with E-state index in [-0.39, 0.29) is 6.61 Å². The van der Waals surface area contributed by atoms with Crippen LogP contribution in [0.2, 0.25) is 0 Å². The molecule has 7 nitrogen and oxygen atoms in total. The molecule has 29 heavy (non-hydrogen) atoms. The molecule has 0 aromatic heterocycles. The molecule has 2 saturated heterocycles. The number of fused-ring (bicyclic) bond motifs is 1. The number of rotatable bonds is 5. The molecule has 1 aromatic carbocycles. The van der Waals surface area contributed by atoms with Gasteiger partial charge < -0.3 is 29.4 Å². The highest BCUT2D eigenvalue weighted by atomic mass is 35.6. The minimum absolute atomic E-state index is 0.256. The molecule has 0 aliphatic carbocycles. The van der Waals surface area contributed by atoms with E-state index in [9.17, 15) is 9.90 Å². The van der Waals surface area contributed by atoms with Crippen molar-refractivity contribution >= 4 is 52.7 Å². The van der Waals surface area contributed by atoms with Gasteiger partial charge in [0.25, 0.3) is 0 Å². The predicted molar refractivity (Wildman–Crippen MR) is 111 cm³/mol. The van der Waals surface area contributed by atoms with Crippen LogP contribution in [0.3, 0.4) is 0 Å². The monoisotopic (exact) mass is 485 g/mol. The average molecular weight is 487 g/mol. The Kier molecular flexibility index (Phi) is 8.20. The molecule has 2 fully saturated rings. The molecular weight excluding hydrogens is 465 g/mol. The molecule has 2 aliphatic rings. The number of carbonyl (C=O) groups is 1. The van der Waals surface area contributed by atoms with Gasteiger partial charge in [-0.05, 0) is 5.75 Å². The third-order valence-electron chi connectivity index (χ3n) is 4.42. The largest absolute Gasteiger partial charge is 0.445 e. The Labute approximate surface area is 188 Å². The molecule has 0 radical (unpaired) electrons. The van der Waals surface area contributed by atoms with Gasteiger partial charge in [-0.2, -0.15) is 0 Å². The van der Waals surface area contributed by atoms with Crippen molar-refractivity contribution in [3.63, 3.8) is 0 Å². The van der Waals surface area contributed by atoms with E-state index in [2.05, 4.69) is 5.32 Å². The summed E-state index contributed by atoms with van der Waals surface area (Å²) >= 11 is 18.3. The summed E-state index contributed by atoms with van der Waals surface area (Å²) in [4.78, 5) is 12.1. The van der Waals surface area contributed by atoms with E-state index in [0.29, 0.717) is 5.75 Å². The van der Waals surface area contributed by atoms with Crippen LogP contribution < -0.4 is 5.32 Å². The Morgan fingerprint density at radius 2 is 2.03 bits per heavy atom. The van der Waals surface area contributed by atoms with Gasteiger partial charge in [0, 0.05) is 5.56 Å². The van der Waals surface area contributed by atoms with Crippen LogP contribution in [-0.2, 0) is 18.9 Å². The van der Waals surface area contributed by atoms with Gasteiger partial charge in [-0.15, -0.1) is 11.8 Å². The summed E-state index contributed by atoms with van der Waals surface area (Å²) in [7, 11) is 0. The van der Waals surface area contributed by atoms with E-state index in [1.54, 1.807) is 0 Å². The van der Waals surface area contributed by atoms with Gasteiger partial charge in [-0.1, -0.05) is 72.1 Å². The van der Waals surface area contributed by atoms with E-state index in [1.165, 1.54) is 11.8 Å². The highest BCUT2D eigenvalue weighted by Crippen LogP contribution is 2.36. The number of ether oxygens (including phenoxy) is 4. The lowest BCUT2D eigenvalue weighted by Gasteiger charge is -2.47. The lowest BCUT2D eigenvalue weighted by molar-refractivity contribution is -0.306. The third kappa shape index (κ3) is 6.27. The first-order chi connectivity index (χ1) is 13.8. The fourth-order valence-electron chi connectivity index (χ4n) is 3.16. The van der Waals surface area contributed by atoms with Crippen molar-refractivity contribution in [2.24, 2.45) is 0 Å².